The van der Waals surface area contributed by atoms with Crippen LogP contribution in [0.3, 0.4) is 0 Å². The Morgan fingerprint density at radius 1 is 1.29 bits per heavy atom. The Bertz CT molecular complexity index is 516. The molecule has 92 valence electrons. The maximum absolute atomic E-state index is 12.1. The average molecular weight is 243 g/mol. The zero-order valence-electron chi connectivity index (χ0n) is 9.01. The lowest BCUT2D eigenvalue weighted by Gasteiger charge is -2.02. The Balaban J connectivity index is 2.26. The van der Waals surface area contributed by atoms with Crippen molar-refractivity contribution in [2.24, 2.45) is 5.73 Å². The van der Waals surface area contributed by atoms with Gasteiger partial charge in [-0.3, -0.25) is 0 Å². The van der Waals surface area contributed by atoms with E-state index >= 15 is 0 Å². The summed E-state index contributed by atoms with van der Waals surface area (Å²) in [4.78, 5) is 7.03. The van der Waals surface area contributed by atoms with Gasteiger partial charge in [-0.2, -0.15) is 13.2 Å². The van der Waals surface area contributed by atoms with Gasteiger partial charge in [-0.1, -0.05) is 12.1 Å². The molecule has 0 aliphatic rings. The first kappa shape index (κ1) is 11.9. The Labute approximate surface area is 95.8 Å². The van der Waals surface area contributed by atoms with Crippen LogP contribution in [0.25, 0.3) is 11.0 Å². The Morgan fingerprint density at radius 3 is 2.71 bits per heavy atom. The van der Waals surface area contributed by atoms with Gasteiger partial charge in [0, 0.05) is 13.0 Å². The number of hydrogen-bond donors (Lipinski definition) is 2. The third kappa shape index (κ3) is 2.76. The van der Waals surface area contributed by atoms with Gasteiger partial charge in [-0.15, -0.1) is 0 Å². The van der Waals surface area contributed by atoms with Crippen molar-refractivity contribution in [1.82, 2.24) is 9.97 Å². The fraction of sp³-hybridized carbons (Fsp3) is 0.364. The summed E-state index contributed by atoms with van der Waals surface area (Å²) in [7, 11) is 0. The molecule has 6 heteroatoms. The minimum atomic E-state index is -4.16. The first-order chi connectivity index (χ1) is 7.99. The van der Waals surface area contributed by atoms with Crippen LogP contribution in [0.4, 0.5) is 13.2 Å². The quantitative estimate of drug-likeness (QED) is 0.870. The monoisotopic (exact) mass is 243 g/mol. The van der Waals surface area contributed by atoms with E-state index in [9.17, 15) is 13.2 Å². The summed E-state index contributed by atoms with van der Waals surface area (Å²) in [5.41, 5.74) is 7.75. The Hall–Kier alpha value is -1.56. The van der Waals surface area contributed by atoms with Gasteiger partial charge in [-0.05, 0) is 11.6 Å². The predicted molar refractivity (Wildman–Crippen MR) is 58.4 cm³/mol. The van der Waals surface area contributed by atoms with Crippen molar-refractivity contribution in [1.29, 1.82) is 0 Å². The summed E-state index contributed by atoms with van der Waals surface area (Å²) < 4.78 is 36.2. The smallest absolute Gasteiger partial charge is 0.342 e. The highest BCUT2D eigenvalue weighted by atomic mass is 19.4. The lowest BCUT2D eigenvalue weighted by molar-refractivity contribution is -0.134. The molecule has 3 nitrogen and oxygen atoms in total. The molecule has 0 saturated carbocycles. The number of fused-ring (bicyclic) bond motifs is 1. The van der Waals surface area contributed by atoms with Crippen LogP contribution in [0.5, 0.6) is 0 Å². The first-order valence-corrected chi connectivity index (χ1v) is 5.23. The summed E-state index contributed by atoms with van der Waals surface area (Å²) in [6.45, 7) is 0.320. The number of aromatic amines is 1. The zero-order valence-corrected chi connectivity index (χ0v) is 9.01. The van der Waals surface area contributed by atoms with Crippen molar-refractivity contribution in [2.75, 3.05) is 0 Å². The van der Waals surface area contributed by atoms with Crippen LogP contribution in [0.1, 0.15) is 17.8 Å². The number of imidazole rings is 1. The second-order valence-corrected chi connectivity index (χ2v) is 3.82. The molecule has 0 spiro atoms. The van der Waals surface area contributed by atoms with E-state index in [1.807, 2.05) is 6.07 Å². The van der Waals surface area contributed by atoms with E-state index in [4.69, 9.17) is 5.73 Å². The van der Waals surface area contributed by atoms with E-state index in [0.29, 0.717) is 17.9 Å². The van der Waals surface area contributed by atoms with Crippen molar-refractivity contribution in [3.63, 3.8) is 0 Å². The van der Waals surface area contributed by atoms with Gasteiger partial charge in [0.1, 0.15) is 5.82 Å². The zero-order chi connectivity index (χ0) is 12.5. The van der Waals surface area contributed by atoms with Crippen molar-refractivity contribution in [2.45, 2.75) is 25.6 Å². The molecule has 0 saturated heterocycles. The van der Waals surface area contributed by atoms with Crippen molar-refractivity contribution >= 4 is 11.0 Å². The fourth-order valence-corrected chi connectivity index (χ4v) is 1.69. The van der Waals surface area contributed by atoms with Gasteiger partial charge >= 0.3 is 6.18 Å². The van der Waals surface area contributed by atoms with Gasteiger partial charge in [0.15, 0.2) is 0 Å². The largest absolute Gasteiger partial charge is 0.389 e. The number of H-pyrrole nitrogens is 1. The summed E-state index contributed by atoms with van der Waals surface area (Å²) in [5.74, 6) is 0.346. The number of hydrogen-bond acceptors (Lipinski definition) is 2. The van der Waals surface area contributed by atoms with Crippen LogP contribution in [-0.4, -0.2) is 16.1 Å². The maximum atomic E-state index is 12.1. The van der Waals surface area contributed by atoms with Crippen LogP contribution in [-0.2, 0) is 13.0 Å². The second-order valence-electron chi connectivity index (χ2n) is 3.82. The predicted octanol–water partition coefficient (Wildman–Crippen LogP) is 2.52. The average Bonchev–Trinajstić information content (AvgIpc) is 2.67. The maximum Gasteiger partial charge on any atom is 0.389 e. The van der Waals surface area contributed by atoms with Gasteiger partial charge < -0.3 is 10.7 Å². The van der Waals surface area contributed by atoms with Gasteiger partial charge in [-0.25, -0.2) is 4.98 Å². The molecule has 0 unspecified atom stereocenters. The third-order valence-corrected chi connectivity index (χ3v) is 2.51. The first-order valence-electron chi connectivity index (χ1n) is 5.23. The number of nitrogens with zero attached hydrogens (tertiary/aromatic N) is 1. The number of benzene rings is 1. The number of rotatable bonds is 3. The lowest BCUT2D eigenvalue weighted by atomic mass is 10.2. The molecule has 0 radical (unpaired) electrons. The molecule has 0 amide bonds. The molecule has 3 N–H and O–H groups in total. The van der Waals surface area contributed by atoms with Gasteiger partial charge in [0.25, 0.3) is 0 Å². The van der Waals surface area contributed by atoms with Crippen LogP contribution >= 0.6 is 0 Å². The molecular formula is C11H12F3N3. The standard InChI is InChI=1S/C11H12F3N3/c12-11(13,14)5-4-9-16-8-3-1-2-7(6-15)10(8)17-9/h1-3H,4-6,15H2,(H,16,17). The molecule has 1 aromatic heterocycles. The fourth-order valence-electron chi connectivity index (χ4n) is 1.69. The number of nitrogens with two attached hydrogens (primary N) is 1. The number of halogens is 3. The summed E-state index contributed by atoms with van der Waals surface area (Å²) in [6.07, 6.45) is -5.16. The van der Waals surface area contributed by atoms with E-state index in [-0.39, 0.29) is 6.42 Å². The number of para-hydroxylation sites is 1. The number of nitrogens with one attached hydrogen (secondary N) is 1. The van der Waals surface area contributed by atoms with Crippen molar-refractivity contribution in [3.05, 3.63) is 29.6 Å². The number of aryl methyl sites for hydroxylation is 1. The number of alkyl halides is 3. The third-order valence-electron chi connectivity index (χ3n) is 2.51. The topological polar surface area (TPSA) is 54.7 Å². The molecular weight excluding hydrogens is 231 g/mol. The van der Waals surface area contributed by atoms with E-state index in [0.717, 1.165) is 11.1 Å². The highest BCUT2D eigenvalue weighted by Crippen LogP contribution is 2.23. The highest BCUT2D eigenvalue weighted by molar-refractivity contribution is 5.78. The molecule has 0 aliphatic heterocycles. The summed E-state index contributed by atoms with van der Waals surface area (Å²) in [5, 5.41) is 0. The van der Waals surface area contributed by atoms with Crippen LogP contribution in [0.15, 0.2) is 18.2 Å². The van der Waals surface area contributed by atoms with E-state index in [2.05, 4.69) is 9.97 Å². The summed E-state index contributed by atoms with van der Waals surface area (Å²) >= 11 is 0. The number of aromatic nitrogens is 2. The van der Waals surface area contributed by atoms with E-state index in [1.165, 1.54) is 0 Å². The van der Waals surface area contributed by atoms with Gasteiger partial charge in [0.2, 0.25) is 0 Å². The van der Waals surface area contributed by atoms with Crippen LogP contribution in [0, 0.1) is 0 Å². The minimum Gasteiger partial charge on any atom is -0.342 e. The minimum absolute atomic E-state index is 0.137. The van der Waals surface area contributed by atoms with E-state index < -0.39 is 12.6 Å². The molecule has 17 heavy (non-hydrogen) atoms. The molecule has 0 bridgehead atoms. The molecule has 0 aliphatic carbocycles. The van der Waals surface area contributed by atoms with Crippen LogP contribution in [0.2, 0.25) is 0 Å². The van der Waals surface area contributed by atoms with Crippen molar-refractivity contribution in [3.8, 4) is 0 Å². The normalized spacial score (nSPS) is 12.2. The van der Waals surface area contributed by atoms with E-state index in [1.54, 1.807) is 12.1 Å². The lowest BCUT2D eigenvalue weighted by Crippen LogP contribution is -2.09. The SMILES string of the molecule is NCc1cccc2[nH]c(CCC(F)(F)F)nc12. The molecule has 1 aromatic carbocycles. The summed E-state index contributed by atoms with van der Waals surface area (Å²) in [6, 6.07) is 5.39. The van der Waals surface area contributed by atoms with Gasteiger partial charge in [0.05, 0.1) is 17.5 Å². The highest BCUT2D eigenvalue weighted by Gasteiger charge is 2.27. The molecule has 0 atom stereocenters. The van der Waals surface area contributed by atoms with Crippen LogP contribution < -0.4 is 5.73 Å². The molecule has 2 rings (SSSR count). The Morgan fingerprint density at radius 2 is 2.06 bits per heavy atom. The van der Waals surface area contributed by atoms with Crippen molar-refractivity contribution < 1.29 is 13.2 Å². The second kappa shape index (κ2) is 4.37. The molecule has 1 heterocycles. The Kier molecular flexibility index (Phi) is 3.06. The molecule has 2 aromatic rings. The molecule has 0 fully saturated rings.